The summed E-state index contributed by atoms with van der Waals surface area (Å²) in [5.74, 6) is 2.32. The van der Waals surface area contributed by atoms with E-state index < -0.39 is 0 Å². The second-order valence-electron chi connectivity index (χ2n) is 12.6. The normalized spacial score (nSPS) is 12.0. The van der Waals surface area contributed by atoms with Crippen molar-refractivity contribution in [2.75, 3.05) is 4.90 Å². The first-order valence-corrected chi connectivity index (χ1v) is 17.0. The van der Waals surface area contributed by atoms with E-state index in [0.29, 0.717) is 5.82 Å². The molecular formula is C46H29N3O2. The highest BCUT2D eigenvalue weighted by molar-refractivity contribution is 6.13. The average molecular weight is 656 g/mol. The number of fused-ring (bicyclic) bond motifs is 5. The first-order valence-electron chi connectivity index (χ1n) is 17.0. The van der Waals surface area contributed by atoms with Crippen LogP contribution in [-0.2, 0) is 0 Å². The molecule has 2 aromatic heterocycles. The number of para-hydroxylation sites is 4. The lowest BCUT2D eigenvalue weighted by Gasteiger charge is -2.32. The van der Waals surface area contributed by atoms with Crippen LogP contribution in [0.15, 0.2) is 180 Å². The Morgan fingerprint density at radius 3 is 1.67 bits per heavy atom. The molecule has 0 bridgehead atoms. The fourth-order valence-electron chi connectivity index (χ4n) is 7.07. The molecule has 7 aromatic carbocycles. The highest BCUT2D eigenvalue weighted by atomic mass is 16.5. The van der Waals surface area contributed by atoms with Gasteiger partial charge in [0.15, 0.2) is 17.3 Å². The predicted octanol–water partition coefficient (Wildman–Crippen LogP) is 12.6. The van der Waals surface area contributed by atoms with Gasteiger partial charge < -0.3 is 14.1 Å². The van der Waals surface area contributed by atoms with Crippen molar-refractivity contribution in [3.05, 3.63) is 176 Å². The van der Waals surface area contributed by atoms with Gasteiger partial charge in [-0.3, -0.25) is 0 Å². The molecule has 3 heterocycles. The summed E-state index contributed by atoms with van der Waals surface area (Å²) in [6.45, 7) is 0. The van der Waals surface area contributed by atoms with E-state index in [4.69, 9.17) is 19.1 Å². The van der Waals surface area contributed by atoms with Crippen molar-refractivity contribution in [3.63, 3.8) is 0 Å². The maximum absolute atomic E-state index is 6.53. The first kappa shape index (κ1) is 29.0. The summed E-state index contributed by atoms with van der Waals surface area (Å²) in [5, 5.41) is 2.13. The molecule has 9 aromatic rings. The summed E-state index contributed by atoms with van der Waals surface area (Å²) in [7, 11) is 0. The molecular weight excluding hydrogens is 627 g/mol. The Hall–Kier alpha value is -6.98. The van der Waals surface area contributed by atoms with E-state index in [1.807, 2.05) is 78.9 Å². The summed E-state index contributed by atoms with van der Waals surface area (Å²) in [5.41, 5.74) is 11.7. The van der Waals surface area contributed by atoms with E-state index in [9.17, 15) is 0 Å². The quantitative estimate of drug-likeness (QED) is 0.185. The van der Waals surface area contributed by atoms with Crippen LogP contribution in [0.25, 0.3) is 67.0 Å². The van der Waals surface area contributed by atoms with Crippen LogP contribution >= 0.6 is 0 Å². The standard InChI is InChI=1S/C46H29N3O2/c1-3-12-31(13-4-1)37-29-38(32-14-5-2-6-15-32)48-46(47-37)33-24-27-36-44(28-33)51-43-21-11-16-35(45(36)43)30-22-25-34(26-23-30)49-39-17-7-9-19-41(39)50-42-20-10-8-18-40(42)49/h1-29H. The monoisotopic (exact) mass is 655 g/mol. The molecule has 0 aliphatic carbocycles. The van der Waals surface area contributed by atoms with Crippen LogP contribution in [0.4, 0.5) is 17.1 Å². The minimum atomic E-state index is 0.652. The second kappa shape index (κ2) is 11.9. The van der Waals surface area contributed by atoms with Crippen LogP contribution in [0.1, 0.15) is 0 Å². The molecule has 0 spiro atoms. The smallest absolute Gasteiger partial charge is 0.160 e. The maximum Gasteiger partial charge on any atom is 0.160 e. The Morgan fingerprint density at radius 1 is 0.431 bits per heavy atom. The molecule has 0 fully saturated rings. The number of ether oxygens (including phenoxy) is 1. The third-order valence-corrected chi connectivity index (χ3v) is 9.49. The fourth-order valence-corrected chi connectivity index (χ4v) is 7.07. The molecule has 0 saturated carbocycles. The zero-order valence-electron chi connectivity index (χ0n) is 27.4. The number of aromatic nitrogens is 2. The Bertz CT molecular complexity index is 2620. The van der Waals surface area contributed by atoms with Crippen LogP contribution < -0.4 is 9.64 Å². The zero-order valence-corrected chi connectivity index (χ0v) is 27.4. The lowest BCUT2D eigenvalue weighted by Crippen LogP contribution is -2.15. The third kappa shape index (κ3) is 5.03. The number of benzene rings is 7. The van der Waals surface area contributed by atoms with Crippen LogP contribution in [0, 0.1) is 0 Å². The van der Waals surface area contributed by atoms with Crippen molar-refractivity contribution in [1.29, 1.82) is 0 Å². The van der Waals surface area contributed by atoms with Crippen molar-refractivity contribution >= 4 is 39.0 Å². The van der Waals surface area contributed by atoms with Crippen LogP contribution in [0.5, 0.6) is 11.5 Å². The molecule has 0 unspecified atom stereocenters. The summed E-state index contributed by atoms with van der Waals surface area (Å²) >= 11 is 0. The molecule has 0 saturated heterocycles. The van der Waals surface area contributed by atoms with Crippen molar-refractivity contribution in [1.82, 2.24) is 9.97 Å². The molecule has 5 heteroatoms. The predicted molar refractivity (Wildman–Crippen MR) is 206 cm³/mol. The van der Waals surface area contributed by atoms with E-state index in [-0.39, 0.29) is 0 Å². The summed E-state index contributed by atoms with van der Waals surface area (Å²) in [4.78, 5) is 12.3. The van der Waals surface area contributed by atoms with Gasteiger partial charge in [-0.15, -0.1) is 0 Å². The topological polar surface area (TPSA) is 51.4 Å². The van der Waals surface area contributed by atoms with Gasteiger partial charge >= 0.3 is 0 Å². The molecule has 240 valence electrons. The number of rotatable bonds is 5. The summed E-state index contributed by atoms with van der Waals surface area (Å²) in [6, 6.07) is 60.1. The highest BCUT2D eigenvalue weighted by Gasteiger charge is 2.25. The van der Waals surface area contributed by atoms with Gasteiger partial charge in [0.05, 0.1) is 22.8 Å². The molecule has 1 aliphatic heterocycles. The largest absolute Gasteiger partial charge is 0.456 e. The number of hydrogen-bond acceptors (Lipinski definition) is 5. The lowest BCUT2D eigenvalue weighted by atomic mass is 9.98. The second-order valence-corrected chi connectivity index (χ2v) is 12.6. The molecule has 0 radical (unpaired) electrons. The maximum atomic E-state index is 6.53. The minimum absolute atomic E-state index is 0.652. The summed E-state index contributed by atoms with van der Waals surface area (Å²) in [6.07, 6.45) is 0. The minimum Gasteiger partial charge on any atom is -0.456 e. The first-order chi connectivity index (χ1) is 25.3. The van der Waals surface area contributed by atoms with E-state index in [2.05, 4.69) is 102 Å². The molecule has 51 heavy (non-hydrogen) atoms. The Balaban J connectivity index is 1.05. The number of furan rings is 1. The van der Waals surface area contributed by atoms with Gasteiger partial charge in [0.25, 0.3) is 0 Å². The van der Waals surface area contributed by atoms with Gasteiger partial charge in [-0.05, 0) is 71.8 Å². The van der Waals surface area contributed by atoms with Crippen molar-refractivity contribution in [3.8, 4) is 56.5 Å². The van der Waals surface area contributed by atoms with Crippen LogP contribution in [0.3, 0.4) is 0 Å². The van der Waals surface area contributed by atoms with E-state index in [1.165, 1.54) is 0 Å². The number of hydrogen-bond donors (Lipinski definition) is 0. The van der Waals surface area contributed by atoms with Crippen LogP contribution in [0.2, 0.25) is 0 Å². The van der Waals surface area contributed by atoms with E-state index >= 15 is 0 Å². The SMILES string of the molecule is c1ccc(-c2cc(-c3ccccc3)nc(-c3ccc4c(c3)oc3cccc(-c5ccc(N6c7ccccc7Oc7ccccc76)cc5)c34)n2)cc1. The van der Waals surface area contributed by atoms with Gasteiger partial charge in [0.2, 0.25) is 0 Å². The number of nitrogens with zero attached hydrogens (tertiary/aromatic N) is 3. The van der Waals surface area contributed by atoms with Crippen molar-refractivity contribution in [2.45, 2.75) is 0 Å². The molecule has 0 N–H and O–H groups in total. The highest BCUT2D eigenvalue weighted by Crippen LogP contribution is 2.50. The Kier molecular flexibility index (Phi) is 6.74. The van der Waals surface area contributed by atoms with Gasteiger partial charge in [-0.1, -0.05) is 115 Å². The van der Waals surface area contributed by atoms with Crippen molar-refractivity contribution in [2.24, 2.45) is 0 Å². The Labute approximate surface area is 294 Å². The van der Waals surface area contributed by atoms with Gasteiger partial charge in [-0.25, -0.2) is 9.97 Å². The fraction of sp³-hybridized carbons (Fsp3) is 0. The molecule has 0 atom stereocenters. The van der Waals surface area contributed by atoms with Gasteiger partial charge in [0, 0.05) is 33.2 Å². The van der Waals surface area contributed by atoms with Gasteiger partial charge in [-0.2, -0.15) is 0 Å². The molecule has 5 nitrogen and oxygen atoms in total. The lowest BCUT2D eigenvalue weighted by molar-refractivity contribution is 0.477. The number of anilines is 3. The zero-order chi connectivity index (χ0) is 33.7. The van der Waals surface area contributed by atoms with Crippen molar-refractivity contribution < 1.29 is 9.15 Å². The van der Waals surface area contributed by atoms with E-state index in [0.717, 1.165) is 89.7 Å². The van der Waals surface area contributed by atoms with Crippen LogP contribution in [-0.4, -0.2) is 9.97 Å². The average Bonchev–Trinajstić information content (AvgIpc) is 3.59. The van der Waals surface area contributed by atoms with Gasteiger partial charge in [0.1, 0.15) is 11.2 Å². The third-order valence-electron chi connectivity index (χ3n) is 9.49. The van der Waals surface area contributed by atoms with E-state index in [1.54, 1.807) is 0 Å². The Morgan fingerprint density at radius 2 is 1.02 bits per heavy atom. The molecule has 10 rings (SSSR count). The summed E-state index contributed by atoms with van der Waals surface area (Å²) < 4.78 is 12.8. The molecule has 0 amide bonds. The molecule has 1 aliphatic rings.